The second-order valence-electron chi connectivity index (χ2n) is 19.2. The summed E-state index contributed by atoms with van der Waals surface area (Å²) in [4.78, 5) is 15.8. The molecular formula is C69H44N6. The maximum atomic E-state index is 5.35. The van der Waals surface area contributed by atoms with Crippen LogP contribution in [0.1, 0.15) is 0 Å². The summed E-state index contributed by atoms with van der Waals surface area (Å²) < 4.78 is 7.10. The van der Waals surface area contributed by atoms with E-state index >= 15 is 0 Å². The summed E-state index contributed by atoms with van der Waals surface area (Å²) >= 11 is 0. The molecule has 75 heavy (non-hydrogen) atoms. The number of rotatable bonds is 8. The lowest BCUT2D eigenvalue weighted by atomic mass is 9.95. The van der Waals surface area contributed by atoms with Crippen molar-refractivity contribution in [3.63, 3.8) is 0 Å². The number of benzene rings is 11. The molecule has 0 atom stereocenters. The molecule has 0 aliphatic carbocycles. The largest absolute Gasteiger partial charge is 0.309 e. The van der Waals surface area contributed by atoms with E-state index in [0.717, 1.165) is 88.7 Å². The Balaban J connectivity index is 1.01. The van der Waals surface area contributed by atoms with Gasteiger partial charge in [-0.05, 0) is 107 Å². The average molecular weight is 957 g/mol. The highest BCUT2D eigenvalue weighted by molar-refractivity contribution is 6.20. The van der Waals surface area contributed by atoms with E-state index in [1.165, 1.54) is 32.6 Å². The van der Waals surface area contributed by atoms with Gasteiger partial charge in [-0.1, -0.05) is 188 Å². The maximum absolute atomic E-state index is 5.35. The fourth-order valence-corrected chi connectivity index (χ4v) is 11.4. The zero-order valence-electron chi connectivity index (χ0n) is 40.6. The lowest BCUT2D eigenvalue weighted by Crippen LogP contribution is -2.07. The molecule has 6 nitrogen and oxygen atoms in total. The van der Waals surface area contributed by atoms with Gasteiger partial charge in [-0.3, -0.25) is 4.57 Å². The van der Waals surface area contributed by atoms with E-state index in [0.29, 0.717) is 17.6 Å². The van der Waals surface area contributed by atoms with Crippen molar-refractivity contribution in [1.29, 1.82) is 0 Å². The first-order valence-corrected chi connectivity index (χ1v) is 25.4. The summed E-state index contributed by atoms with van der Waals surface area (Å²) in [5, 5.41) is 7.05. The predicted molar refractivity (Wildman–Crippen MR) is 310 cm³/mol. The van der Waals surface area contributed by atoms with E-state index in [9.17, 15) is 0 Å². The van der Waals surface area contributed by atoms with Crippen LogP contribution in [0.25, 0.3) is 139 Å². The van der Waals surface area contributed by atoms with Gasteiger partial charge < -0.3 is 9.13 Å². The monoisotopic (exact) mass is 956 g/mol. The minimum absolute atomic E-state index is 0.551. The molecule has 0 radical (unpaired) electrons. The van der Waals surface area contributed by atoms with E-state index in [-0.39, 0.29) is 0 Å². The molecule has 15 aromatic rings. The van der Waals surface area contributed by atoms with E-state index in [1.807, 2.05) is 36.4 Å². The van der Waals surface area contributed by atoms with Gasteiger partial charge in [-0.15, -0.1) is 0 Å². The Kier molecular flexibility index (Phi) is 9.78. The van der Waals surface area contributed by atoms with Gasteiger partial charge in [-0.25, -0.2) is 4.98 Å². The molecular weight excluding hydrogens is 913 g/mol. The highest BCUT2D eigenvalue weighted by atomic mass is 15.2. The molecule has 6 heteroatoms. The van der Waals surface area contributed by atoms with E-state index in [2.05, 4.69) is 244 Å². The van der Waals surface area contributed by atoms with Crippen molar-refractivity contribution in [2.75, 3.05) is 0 Å². The first-order chi connectivity index (χ1) is 37.2. The van der Waals surface area contributed by atoms with Gasteiger partial charge in [0.15, 0.2) is 11.6 Å². The smallest absolute Gasteiger partial charge is 0.238 e. The molecule has 4 aromatic heterocycles. The van der Waals surface area contributed by atoms with Crippen LogP contribution in [0, 0.1) is 0 Å². The summed E-state index contributed by atoms with van der Waals surface area (Å²) in [5.74, 6) is 1.77. The third kappa shape index (κ3) is 6.99. The van der Waals surface area contributed by atoms with Crippen molar-refractivity contribution in [3.8, 4) is 73.5 Å². The Morgan fingerprint density at radius 2 is 0.640 bits per heavy atom. The fourth-order valence-electron chi connectivity index (χ4n) is 11.4. The van der Waals surface area contributed by atoms with Gasteiger partial charge in [0.05, 0.1) is 33.1 Å². The Morgan fingerprint density at radius 1 is 0.227 bits per heavy atom. The third-order valence-electron chi connectivity index (χ3n) is 14.9. The number of hydrogen-bond donors (Lipinski definition) is 0. The molecule has 0 saturated carbocycles. The van der Waals surface area contributed by atoms with Gasteiger partial charge in [0.2, 0.25) is 5.95 Å². The molecule has 0 amide bonds. The first-order valence-electron chi connectivity index (χ1n) is 25.4. The molecule has 0 saturated heterocycles. The zero-order valence-corrected chi connectivity index (χ0v) is 40.6. The van der Waals surface area contributed by atoms with Crippen LogP contribution in [0.3, 0.4) is 0 Å². The maximum Gasteiger partial charge on any atom is 0.238 e. The molecule has 350 valence electrons. The van der Waals surface area contributed by atoms with Crippen LogP contribution in [0.15, 0.2) is 267 Å². The Morgan fingerprint density at radius 3 is 1.20 bits per heavy atom. The third-order valence-corrected chi connectivity index (χ3v) is 14.9. The van der Waals surface area contributed by atoms with Gasteiger partial charge in [0.25, 0.3) is 0 Å². The summed E-state index contributed by atoms with van der Waals surface area (Å²) in [5.41, 5.74) is 17.5. The van der Waals surface area contributed by atoms with Crippen LogP contribution in [0.4, 0.5) is 0 Å². The topological polar surface area (TPSA) is 53.5 Å². The summed E-state index contributed by atoms with van der Waals surface area (Å²) in [6, 6.07) is 95.4. The van der Waals surface area contributed by atoms with E-state index in [4.69, 9.17) is 15.0 Å². The molecule has 0 spiro atoms. The molecule has 0 aliphatic rings. The van der Waals surface area contributed by atoms with Crippen LogP contribution in [-0.4, -0.2) is 28.7 Å². The summed E-state index contributed by atoms with van der Waals surface area (Å²) in [6.45, 7) is 0. The molecule has 11 aromatic carbocycles. The van der Waals surface area contributed by atoms with Crippen molar-refractivity contribution in [1.82, 2.24) is 28.7 Å². The second kappa shape index (κ2) is 17.3. The fraction of sp³-hybridized carbons (Fsp3) is 0. The normalized spacial score (nSPS) is 11.7. The Labute approximate surface area is 432 Å². The number of hydrogen-bond acceptors (Lipinski definition) is 3. The lowest BCUT2D eigenvalue weighted by molar-refractivity contribution is 0.954. The summed E-state index contributed by atoms with van der Waals surface area (Å²) in [6.07, 6.45) is 0. The highest BCUT2D eigenvalue weighted by Gasteiger charge is 2.24. The van der Waals surface area contributed by atoms with Crippen LogP contribution >= 0.6 is 0 Å². The number of nitrogens with zero attached hydrogens (tertiary/aromatic N) is 6. The van der Waals surface area contributed by atoms with Crippen LogP contribution in [0.5, 0.6) is 0 Å². The van der Waals surface area contributed by atoms with Crippen molar-refractivity contribution in [3.05, 3.63) is 267 Å². The van der Waals surface area contributed by atoms with Crippen molar-refractivity contribution in [2.45, 2.75) is 0 Å². The minimum atomic E-state index is 0.551. The Bertz CT molecular complexity index is 4600. The zero-order chi connectivity index (χ0) is 49.4. The highest BCUT2D eigenvalue weighted by Crippen LogP contribution is 2.45. The van der Waals surface area contributed by atoms with E-state index in [1.54, 1.807) is 0 Å². The number of para-hydroxylation sites is 3. The SMILES string of the molecule is c1ccc(-c2cc(-c3ccccc3)c3c(c2)c2cc(-c4ccc5c(c4)c4cc6c7ccccc7n(-c7ccccc7)c6cc4n5-c4ccccc4)ccc2n3-c2nc(-c3ccccc3)nc(-c3ccccc3)n2)cc1. The van der Waals surface area contributed by atoms with Crippen molar-refractivity contribution in [2.24, 2.45) is 0 Å². The summed E-state index contributed by atoms with van der Waals surface area (Å²) in [7, 11) is 0. The quantitative estimate of drug-likeness (QED) is 0.152. The second-order valence-corrected chi connectivity index (χ2v) is 19.2. The van der Waals surface area contributed by atoms with Crippen molar-refractivity contribution >= 4 is 65.4 Å². The molecule has 0 unspecified atom stereocenters. The van der Waals surface area contributed by atoms with Gasteiger partial charge in [-0.2, -0.15) is 9.97 Å². The van der Waals surface area contributed by atoms with Gasteiger partial charge >= 0.3 is 0 Å². The first kappa shape index (κ1) is 42.5. The molecule has 0 fully saturated rings. The molecule has 0 N–H and O–H groups in total. The number of aromatic nitrogens is 6. The average Bonchev–Trinajstić information content (AvgIpc) is 4.20. The van der Waals surface area contributed by atoms with Crippen molar-refractivity contribution < 1.29 is 0 Å². The van der Waals surface area contributed by atoms with Crippen LogP contribution in [0.2, 0.25) is 0 Å². The standard InChI is InChI=1S/C69H44N6/c1-7-21-45(22-8-1)51-41-55(46-23-9-2-10-24-46)66-60(42-51)57-40-50(36-38-63(57)75(66)69-71-67(47-25-11-3-12-26-47)70-68(72-69)48-27-13-4-14-28-48)49-35-37-62-56(39-49)59-43-58-54-33-19-20-34-61(54)73(52-29-15-5-16-30-52)64(58)44-65(59)74(62)53-31-17-6-18-32-53/h1-44H. The molecule has 0 aliphatic heterocycles. The van der Waals surface area contributed by atoms with Gasteiger partial charge in [0.1, 0.15) is 0 Å². The van der Waals surface area contributed by atoms with Gasteiger partial charge in [0, 0.05) is 60.4 Å². The molecule has 15 rings (SSSR count). The number of fused-ring (bicyclic) bond motifs is 9. The molecule has 0 bridgehead atoms. The predicted octanol–water partition coefficient (Wildman–Crippen LogP) is 17.5. The molecule has 4 heterocycles. The van der Waals surface area contributed by atoms with Crippen LogP contribution in [-0.2, 0) is 0 Å². The minimum Gasteiger partial charge on any atom is -0.309 e. The van der Waals surface area contributed by atoms with E-state index < -0.39 is 0 Å². The van der Waals surface area contributed by atoms with Crippen LogP contribution < -0.4 is 0 Å². The Hall–Kier alpha value is -10.2. The lowest BCUT2D eigenvalue weighted by Gasteiger charge is -2.14.